The van der Waals surface area contributed by atoms with E-state index in [9.17, 15) is 4.79 Å². The van der Waals surface area contributed by atoms with E-state index in [4.69, 9.17) is 5.73 Å². The molecule has 0 heterocycles. The minimum absolute atomic E-state index is 0.148. The second kappa shape index (κ2) is 5.80. The number of nitrogen functional groups attached to an aromatic ring is 1. The second-order valence-electron chi connectivity index (χ2n) is 4.27. The number of carbonyl (C=O) groups is 1. The third-order valence-corrected chi connectivity index (χ3v) is 3.55. The molecule has 98 valence electrons. The van der Waals surface area contributed by atoms with Crippen LogP contribution in [-0.2, 0) is 0 Å². The number of nitrogens with one attached hydrogen (secondary N) is 1. The van der Waals surface area contributed by atoms with Gasteiger partial charge in [0.05, 0.1) is 11.4 Å². The van der Waals surface area contributed by atoms with Gasteiger partial charge in [-0.3, -0.25) is 4.79 Å². The van der Waals surface area contributed by atoms with Crippen LogP contribution in [0.2, 0.25) is 0 Å². The number of anilines is 2. The zero-order valence-electron chi connectivity index (χ0n) is 10.9. The maximum Gasteiger partial charge on any atom is 0.255 e. The van der Waals surface area contributed by atoms with Crippen LogP contribution < -0.4 is 11.1 Å². The number of nitrogens with two attached hydrogens (primary N) is 1. The molecule has 0 saturated heterocycles. The molecule has 1 amide bonds. The maximum atomic E-state index is 12.1. The summed E-state index contributed by atoms with van der Waals surface area (Å²) in [5.41, 5.74) is 8.75. The van der Waals surface area contributed by atoms with E-state index in [1.807, 2.05) is 49.6 Å². The number of rotatable bonds is 3. The number of carbonyl (C=O) groups excluding carboxylic acids is 1. The summed E-state index contributed by atoms with van der Waals surface area (Å²) in [7, 11) is 0. The Morgan fingerprint density at radius 1 is 1.16 bits per heavy atom. The fourth-order valence-electron chi connectivity index (χ4n) is 1.72. The van der Waals surface area contributed by atoms with Crippen molar-refractivity contribution in [3.05, 3.63) is 53.6 Å². The van der Waals surface area contributed by atoms with Gasteiger partial charge in [-0.1, -0.05) is 6.07 Å². The first kappa shape index (κ1) is 13.5. The summed E-state index contributed by atoms with van der Waals surface area (Å²) in [6.07, 6.45) is 2.00. The van der Waals surface area contributed by atoms with Crippen molar-refractivity contribution in [1.29, 1.82) is 0 Å². The molecule has 2 aromatic rings. The number of hydrogen-bond acceptors (Lipinski definition) is 3. The minimum atomic E-state index is -0.148. The molecule has 3 N–H and O–H groups in total. The molecular weight excluding hydrogens is 256 g/mol. The molecule has 0 saturated carbocycles. The van der Waals surface area contributed by atoms with Gasteiger partial charge in [0.2, 0.25) is 0 Å². The number of benzene rings is 2. The van der Waals surface area contributed by atoms with Crippen LogP contribution in [0.5, 0.6) is 0 Å². The standard InChI is InChI=1S/C15H16N2OS/c1-10-3-8-13(16)14(9-10)17-15(18)11-4-6-12(19-2)7-5-11/h3-9H,16H2,1-2H3,(H,17,18). The highest BCUT2D eigenvalue weighted by molar-refractivity contribution is 7.98. The lowest BCUT2D eigenvalue weighted by Crippen LogP contribution is -2.13. The predicted molar refractivity (Wildman–Crippen MR) is 81.8 cm³/mol. The van der Waals surface area contributed by atoms with E-state index in [-0.39, 0.29) is 5.91 Å². The van der Waals surface area contributed by atoms with Crippen LogP contribution in [-0.4, -0.2) is 12.2 Å². The lowest BCUT2D eigenvalue weighted by molar-refractivity contribution is 0.102. The molecule has 19 heavy (non-hydrogen) atoms. The van der Waals surface area contributed by atoms with E-state index in [0.717, 1.165) is 10.5 Å². The molecule has 0 aliphatic rings. The highest BCUT2D eigenvalue weighted by Crippen LogP contribution is 2.21. The zero-order chi connectivity index (χ0) is 13.8. The highest BCUT2D eigenvalue weighted by atomic mass is 32.2. The van der Waals surface area contributed by atoms with Gasteiger partial charge in [0.15, 0.2) is 0 Å². The van der Waals surface area contributed by atoms with E-state index in [0.29, 0.717) is 16.9 Å². The fourth-order valence-corrected chi connectivity index (χ4v) is 2.12. The van der Waals surface area contributed by atoms with Gasteiger partial charge in [0.1, 0.15) is 0 Å². The lowest BCUT2D eigenvalue weighted by atomic mass is 10.1. The molecule has 0 bridgehead atoms. The quantitative estimate of drug-likeness (QED) is 0.663. The Bertz CT molecular complexity index is 594. The Labute approximate surface area is 117 Å². The van der Waals surface area contributed by atoms with Gasteiger partial charge in [0, 0.05) is 10.5 Å². The molecule has 0 spiro atoms. The molecule has 0 aliphatic carbocycles. The monoisotopic (exact) mass is 272 g/mol. The van der Waals surface area contributed by atoms with Crippen LogP contribution in [0.4, 0.5) is 11.4 Å². The van der Waals surface area contributed by atoms with Crippen molar-refractivity contribution in [3.63, 3.8) is 0 Å². The van der Waals surface area contributed by atoms with Gasteiger partial charge < -0.3 is 11.1 Å². The Morgan fingerprint density at radius 3 is 2.47 bits per heavy atom. The fraction of sp³-hybridized carbons (Fsp3) is 0.133. The van der Waals surface area contributed by atoms with E-state index in [1.165, 1.54) is 0 Å². The van der Waals surface area contributed by atoms with E-state index >= 15 is 0 Å². The Balaban J connectivity index is 2.18. The molecule has 0 aromatic heterocycles. The minimum Gasteiger partial charge on any atom is -0.397 e. The van der Waals surface area contributed by atoms with Crippen molar-refractivity contribution in [1.82, 2.24) is 0 Å². The summed E-state index contributed by atoms with van der Waals surface area (Å²) in [5.74, 6) is -0.148. The summed E-state index contributed by atoms with van der Waals surface area (Å²) >= 11 is 1.65. The van der Waals surface area contributed by atoms with Crippen molar-refractivity contribution in [2.24, 2.45) is 0 Å². The van der Waals surface area contributed by atoms with E-state index in [1.54, 1.807) is 17.8 Å². The Morgan fingerprint density at radius 2 is 1.84 bits per heavy atom. The van der Waals surface area contributed by atoms with Crippen molar-refractivity contribution in [2.45, 2.75) is 11.8 Å². The van der Waals surface area contributed by atoms with Crippen molar-refractivity contribution in [3.8, 4) is 0 Å². The van der Waals surface area contributed by atoms with Crippen LogP contribution in [0.25, 0.3) is 0 Å². The predicted octanol–water partition coefficient (Wildman–Crippen LogP) is 3.55. The van der Waals surface area contributed by atoms with Crippen LogP contribution in [0.15, 0.2) is 47.4 Å². The highest BCUT2D eigenvalue weighted by Gasteiger charge is 2.08. The first-order chi connectivity index (χ1) is 9.10. The van der Waals surface area contributed by atoms with Crippen LogP contribution >= 0.6 is 11.8 Å². The lowest BCUT2D eigenvalue weighted by Gasteiger charge is -2.09. The Hall–Kier alpha value is -1.94. The van der Waals surface area contributed by atoms with Crippen molar-refractivity contribution < 1.29 is 4.79 Å². The first-order valence-electron chi connectivity index (χ1n) is 5.91. The summed E-state index contributed by atoms with van der Waals surface area (Å²) in [6.45, 7) is 1.96. The van der Waals surface area contributed by atoms with Gasteiger partial charge in [-0.2, -0.15) is 0 Å². The zero-order valence-corrected chi connectivity index (χ0v) is 11.8. The third-order valence-electron chi connectivity index (χ3n) is 2.81. The van der Waals surface area contributed by atoms with Gasteiger partial charge in [0.25, 0.3) is 5.91 Å². The summed E-state index contributed by atoms with van der Waals surface area (Å²) < 4.78 is 0. The van der Waals surface area contributed by atoms with Gasteiger partial charge in [-0.15, -0.1) is 11.8 Å². The summed E-state index contributed by atoms with van der Waals surface area (Å²) in [6, 6.07) is 13.1. The van der Waals surface area contributed by atoms with Crippen LogP contribution in [0, 0.1) is 6.92 Å². The molecule has 0 aliphatic heterocycles. The summed E-state index contributed by atoms with van der Waals surface area (Å²) in [4.78, 5) is 13.2. The first-order valence-corrected chi connectivity index (χ1v) is 7.14. The molecule has 4 heteroatoms. The Kier molecular flexibility index (Phi) is 4.12. The molecule has 0 radical (unpaired) electrons. The van der Waals surface area contributed by atoms with Gasteiger partial charge in [-0.05, 0) is 55.1 Å². The number of amides is 1. The number of aryl methyl sites for hydroxylation is 1. The normalized spacial score (nSPS) is 10.2. The largest absolute Gasteiger partial charge is 0.397 e. The van der Waals surface area contributed by atoms with E-state index in [2.05, 4.69) is 5.32 Å². The van der Waals surface area contributed by atoms with Gasteiger partial charge >= 0.3 is 0 Å². The third kappa shape index (κ3) is 3.29. The average Bonchev–Trinajstić information content (AvgIpc) is 2.43. The van der Waals surface area contributed by atoms with Crippen LogP contribution in [0.3, 0.4) is 0 Å². The summed E-state index contributed by atoms with van der Waals surface area (Å²) in [5, 5.41) is 2.83. The van der Waals surface area contributed by atoms with E-state index < -0.39 is 0 Å². The van der Waals surface area contributed by atoms with Gasteiger partial charge in [-0.25, -0.2) is 0 Å². The molecule has 3 nitrogen and oxygen atoms in total. The topological polar surface area (TPSA) is 55.1 Å². The second-order valence-corrected chi connectivity index (χ2v) is 5.15. The molecule has 2 rings (SSSR count). The van der Waals surface area contributed by atoms with Crippen molar-refractivity contribution >= 4 is 29.0 Å². The SMILES string of the molecule is CSc1ccc(C(=O)Nc2cc(C)ccc2N)cc1. The number of thioether (sulfide) groups is 1. The maximum absolute atomic E-state index is 12.1. The van der Waals surface area contributed by atoms with Crippen molar-refractivity contribution in [2.75, 3.05) is 17.3 Å². The molecule has 2 aromatic carbocycles. The number of hydrogen-bond donors (Lipinski definition) is 2. The molecular formula is C15H16N2OS. The molecule has 0 unspecified atom stereocenters. The molecule has 0 fully saturated rings. The smallest absolute Gasteiger partial charge is 0.255 e. The average molecular weight is 272 g/mol. The molecule has 0 atom stereocenters. The van der Waals surface area contributed by atoms with Crippen LogP contribution in [0.1, 0.15) is 15.9 Å².